The lowest BCUT2D eigenvalue weighted by Crippen LogP contribution is -2.43. The Morgan fingerprint density at radius 3 is 2.81 bits per heavy atom. The van der Waals surface area contributed by atoms with Crippen LogP contribution in [0.2, 0.25) is 5.02 Å². The number of nitrogens with zero attached hydrogens (tertiary/aromatic N) is 2. The second kappa shape index (κ2) is 9.63. The average Bonchev–Trinajstić information content (AvgIpc) is 3.35. The van der Waals surface area contributed by atoms with Gasteiger partial charge in [0.2, 0.25) is 0 Å². The first-order valence-corrected chi connectivity index (χ1v) is 11.9. The van der Waals surface area contributed by atoms with Crippen LogP contribution in [-0.2, 0) is 7.05 Å². The van der Waals surface area contributed by atoms with E-state index in [1.165, 1.54) is 17.4 Å². The molecular weight excluding hydrogens is 433 g/mol. The predicted molar refractivity (Wildman–Crippen MR) is 124 cm³/mol. The second-order valence-electron chi connectivity index (χ2n) is 8.30. The first kappa shape index (κ1) is 22.2. The Hall–Kier alpha value is -2.02. The minimum atomic E-state index is -0.215. The molecule has 3 aromatic rings. The van der Waals surface area contributed by atoms with Crippen LogP contribution in [0.5, 0.6) is 0 Å². The number of Topliss-reactive ketones (excluding diaryl/α,β-unsaturated/α-hetero) is 1. The van der Waals surface area contributed by atoms with Crippen LogP contribution in [0.25, 0.3) is 10.6 Å². The van der Waals surface area contributed by atoms with Gasteiger partial charge in [0.1, 0.15) is 5.82 Å². The van der Waals surface area contributed by atoms with Gasteiger partial charge in [0, 0.05) is 13.5 Å². The van der Waals surface area contributed by atoms with E-state index in [0.717, 1.165) is 46.9 Å². The fourth-order valence-electron chi connectivity index (χ4n) is 4.84. The molecule has 7 heteroatoms. The zero-order chi connectivity index (χ0) is 22.0. The Balaban J connectivity index is 1.57. The number of nitrogens with one attached hydrogen (secondary N) is 1. The highest BCUT2D eigenvalue weighted by molar-refractivity contribution is 7.17. The molecule has 0 amide bonds. The minimum absolute atomic E-state index is 0.125. The van der Waals surface area contributed by atoms with E-state index < -0.39 is 0 Å². The van der Waals surface area contributed by atoms with Crippen molar-refractivity contribution < 1.29 is 9.18 Å². The summed E-state index contributed by atoms with van der Waals surface area (Å²) in [4.78, 5) is 14.9. The van der Waals surface area contributed by atoms with Crippen LogP contribution in [0.4, 0.5) is 4.39 Å². The summed E-state index contributed by atoms with van der Waals surface area (Å²) in [6, 6.07) is 10.7. The molecule has 1 aliphatic heterocycles. The fourth-order valence-corrected chi connectivity index (χ4v) is 6.21. The molecule has 0 aliphatic carbocycles. The van der Waals surface area contributed by atoms with Gasteiger partial charge in [0.05, 0.1) is 26.7 Å². The molecule has 1 N–H and O–H groups in total. The summed E-state index contributed by atoms with van der Waals surface area (Å²) >= 11 is 7.72. The maximum atomic E-state index is 14.0. The van der Waals surface area contributed by atoms with Crippen LogP contribution in [0, 0.1) is 17.7 Å². The smallest absolute Gasteiger partial charge is 0.173 e. The molecule has 0 saturated carbocycles. The maximum Gasteiger partial charge on any atom is 0.173 e. The monoisotopic (exact) mass is 459 g/mol. The number of carbonyl (C=O) groups is 1. The largest absolute Gasteiger partial charge is 0.316 e. The molecule has 1 saturated heterocycles. The van der Waals surface area contributed by atoms with Gasteiger partial charge in [-0.05, 0) is 67.1 Å². The van der Waals surface area contributed by atoms with Gasteiger partial charge in [0.15, 0.2) is 5.78 Å². The Labute approximate surface area is 191 Å². The summed E-state index contributed by atoms with van der Waals surface area (Å²) in [5.41, 5.74) is 1.83. The third kappa shape index (κ3) is 4.76. The minimum Gasteiger partial charge on any atom is -0.316 e. The van der Waals surface area contributed by atoms with Crippen molar-refractivity contribution in [3.63, 3.8) is 0 Å². The van der Waals surface area contributed by atoms with Crippen LogP contribution in [0.15, 0.2) is 42.6 Å². The highest BCUT2D eigenvalue weighted by Crippen LogP contribution is 2.40. The zero-order valence-electron chi connectivity index (χ0n) is 17.8. The number of rotatable bonds is 7. The number of ketones is 1. The van der Waals surface area contributed by atoms with Crippen molar-refractivity contribution in [2.24, 2.45) is 18.9 Å². The number of hydrogen-bond donors (Lipinski definition) is 1. The van der Waals surface area contributed by atoms with Crippen molar-refractivity contribution in [2.45, 2.75) is 32.1 Å². The summed E-state index contributed by atoms with van der Waals surface area (Å²) in [5, 5.41) is 8.27. The van der Waals surface area contributed by atoms with Gasteiger partial charge in [-0.25, -0.2) is 4.39 Å². The van der Waals surface area contributed by atoms with Crippen molar-refractivity contribution in [3.8, 4) is 10.6 Å². The maximum absolute atomic E-state index is 14.0. The molecule has 3 heterocycles. The third-order valence-corrected chi connectivity index (χ3v) is 7.59. The summed E-state index contributed by atoms with van der Waals surface area (Å²) in [7, 11) is 1.84. The van der Waals surface area contributed by atoms with Gasteiger partial charge >= 0.3 is 0 Å². The molecule has 0 radical (unpaired) electrons. The molecule has 1 fully saturated rings. The lowest BCUT2D eigenvalue weighted by atomic mass is 9.71. The van der Waals surface area contributed by atoms with E-state index in [4.69, 9.17) is 11.6 Å². The van der Waals surface area contributed by atoms with Crippen molar-refractivity contribution in [2.75, 3.05) is 13.1 Å². The van der Waals surface area contributed by atoms with Gasteiger partial charge in [-0.15, -0.1) is 11.3 Å². The van der Waals surface area contributed by atoms with E-state index in [2.05, 4.69) is 17.3 Å². The Kier molecular flexibility index (Phi) is 6.89. The van der Waals surface area contributed by atoms with Crippen molar-refractivity contribution in [3.05, 3.63) is 63.9 Å². The SMILES string of the molecule is CCC[C@H]1CNC[C@@H](CC(=O)c2ccc(-c3c(Cl)cnn3C)s2)[C@@H]1c1cccc(F)c1. The van der Waals surface area contributed by atoms with Gasteiger partial charge in [0.25, 0.3) is 0 Å². The number of piperidine rings is 1. The number of aryl methyl sites for hydroxylation is 1. The average molecular weight is 460 g/mol. The standard InChI is InChI=1S/C24H27ClFN3OS/c1-3-5-16-12-27-13-17(23(16)15-6-4-7-18(26)10-15)11-20(30)21-8-9-22(31-21)24-19(25)14-28-29(24)2/h4,6-10,14,16-17,23,27H,3,5,11-13H2,1-2H3/t16-,17+,23+/m0/s1. The summed E-state index contributed by atoms with van der Waals surface area (Å²) in [6.45, 7) is 3.84. The summed E-state index contributed by atoms with van der Waals surface area (Å²) < 4.78 is 15.7. The first-order chi connectivity index (χ1) is 15.0. The van der Waals surface area contributed by atoms with Gasteiger partial charge in [-0.3, -0.25) is 9.48 Å². The van der Waals surface area contributed by atoms with Crippen LogP contribution in [0.3, 0.4) is 0 Å². The fraction of sp³-hybridized carbons (Fsp3) is 0.417. The molecule has 3 atom stereocenters. The molecule has 0 spiro atoms. The molecule has 164 valence electrons. The van der Waals surface area contributed by atoms with Gasteiger partial charge < -0.3 is 5.32 Å². The molecule has 4 nitrogen and oxygen atoms in total. The number of carbonyl (C=O) groups excluding carboxylic acids is 1. The first-order valence-electron chi connectivity index (χ1n) is 10.7. The molecule has 31 heavy (non-hydrogen) atoms. The molecule has 0 bridgehead atoms. The zero-order valence-corrected chi connectivity index (χ0v) is 19.3. The molecule has 1 aliphatic rings. The van der Waals surface area contributed by atoms with Crippen LogP contribution < -0.4 is 5.32 Å². The van der Waals surface area contributed by atoms with E-state index in [1.807, 2.05) is 25.2 Å². The van der Waals surface area contributed by atoms with E-state index in [0.29, 0.717) is 17.4 Å². The lowest BCUT2D eigenvalue weighted by Gasteiger charge is -2.39. The van der Waals surface area contributed by atoms with Crippen molar-refractivity contribution in [1.82, 2.24) is 15.1 Å². The number of halogens is 2. The highest BCUT2D eigenvalue weighted by atomic mass is 35.5. The van der Waals surface area contributed by atoms with Crippen molar-refractivity contribution in [1.29, 1.82) is 0 Å². The van der Waals surface area contributed by atoms with E-state index in [-0.39, 0.29) is 23.4 Å². The highest BCUT2D eigenvalue weighted by Gasteiger charge is 2.35. The number of benzene rings is 1. The predicted octanol–water partition coefficient (Wildman–Crippen LogP) is 5.93. The molecule has 1 aromatic carbocycles. The molecular formula is C24H27ClFN3OS. The van der Waals surface area contributed by atoms with Gasteiger partial charge in [-0.2, -0.15) is 5.10 Å². The second-order valence-corrected chi connectivity index (χ2v) is 9.79. The quantitative estimate of drug-likeness (QED) is 0.445. The summed E-state index contributed by atoms with van der Waals surface area (Å²) in [6.07, 6.45) is 4.18. The number of thiophene rings is 1. The Morgan fingerprint density at radius 1 is 1.29 bits per heavy atom. The Morgan fingerprint density at radius 2 is 2.10 bits per heavy atom. The lowest BCUT2D eigenvalue weighted by molar-refractivity contribution is 0.0933. The normalized spacial score (nSPS) is 21.4. The van der Waals surface area contributed by atoms with Gasteiger partial charge in [-0.1, -0.05) is 37.1 Å². The number of aromatic nitrogens is 2. The van der Waals surface area contributed by atoms with Crippen LogP contribution in [-0.4, -0.2) is 28.7 Å². The Bertz CT molecular complexity index is 1040. The van der Waals surface area contributed by atoms with E-state index >= 15 is 0 Å². The number of hydrogen-bond acceptors (Lipinski definition) is 4. The third-order valence-electron chi connectivity index (χ3n) is 6.18. The van der Waals surface area contributed by atoms with E-state index in [9.17, 15) is 9.18 Å². The van der Waals surface area contributed by atoms with Crippen LogP contribution >= 0.6 is 22.9 Å². The topological polar surface area (TPSA) is 46.9 Å². The van der Waals surface area contributed by atoms with Crippen LogP contribution in [0.1, 0.15) is 47.3 Å². The van der Waals surface area contributed by atoms with Crippen molar-refractivity contribution >= 4 is 28.7 Å². The van der Waals surface area contributed by atoms with E-state index in [1.54, 1.807) is 23.0 Å². The molecule has 0 unspecified atom stereocenters. The molecule has 2 aromatic heterocycles. The molecule has 4 rings (SSSR count). The summed E-state index contributed by atoms with van der Waals surface area (Å²) in [5.74, 6) is 0.606.